The molecule has 0 unspecified atom stereocenters. The van der Waals surface area contributed by atoms with Gasteiger partial charge in [-0.3, -0.25) is 0 Å². The molecule has 0 amide bonds. The van der Waals surface area contributed by atoms with Crippen LogP contribution in [-0.4, -0.2) is 18.3 Å². The predicted molar refractivity (Wildman–Crippen MR) is 54.6 cm³/mol. The lowest BCUT2D eigenvalue weighted by Gasteiger charge is -2.15. The maximum atomic E-state index is 9.26. The standard InChI is InChI=1S/C10H16N2O/c1-7(13)10(11)8-3-5-9(12-2)6-4-8/h3-7,10,12-13H,11H2,1-2H3/t7-,10-/m1/s1. The van der Waals surface area contributed by atoms with Crippen LogP contribution in [0.1, 0.15) is 18.5 Å². The highest BCUT2D eigenvalue weighted by molar-refractivity contribution is 5.44. The van der Waals surface area contributed by atoms with Crippen LogP contribution >= 0.6 is 0 Å². The first-order valence-corrected chi connectivity index (χ1v) is 4.36. The summed E-state index contributed by atoms with van der Waals surface area (Å²) < 4.78 is 0. The fourth-order valence-corrected chi connectivity index (χ4v) is 1.15. The van der Waals surface area contributed by atoms with Gasteiger partial charge in [0.05, 0.1) is 12.1 Å². The van der Waals surface area contributed by atoms with Crippen molar-refractivity contribution in [1.29, 1.82) is 0 Å². The van der Waals surface area contributed by atoms with Gasteiger partial charge in [-0.15, -0.1) is 0 Å². The van der Waals surface area contributed by atoms with Gasteiger partial charge < -0.3 is 16.2 Å². The van der Waals surface area contributed by atoms with E-state index in [9.17, 15) is 5.11 Å². The Morgan fingerprint density at radius 3 is 2.23 bits per heavy atom. The van der Waals surface area contributed by atoms with Crippen molar-refractivity contribution in [3.63, 3.8) is 0 Å². The van der Waals surface area contributed by atoms with Gasteiger partial charge in [-0.25, -0.2) is 0 Å². The monoisotopic (exact) mass is 180 g/mol. The molecule has 0 aliphatic carbocycles. The average Bonchev–Trinajstić information content (AvgIpc) is 2.17. The number of hydrogen-bond acceptors (Lipinski definition) is 3. The van der Waals surface area contributed by atoms with E-state index in [-0.39, 0.29) is 6.04 Å². The molecule has 0 fully saturated rings. The SMILES string of the molecule is CNc1ccc([C@H](N)[C@@H](C)O)cc1. The highest BCUT2D eigenvalue weighted by atomic mass is 16.3. The summed E-state index contributed by atoms with van der Waals surface area (Å²) >= 11 is 0. The third-order valence-corrected chi connectivity index (χ3v) is 2.10. The molecular weight excluding hydrogens is 164 g/mol. The normalized spacial score (nSPS) is 15.1. The molecule has 3 heteroatoms. The van der Waals surface area contributed by atoms with Gasteiger partial charge in [-0.05, 0) is 24.6 Å². The summed E-state index contributed by atoms with van der Waals surface area (Å²) in [5.74, 6) is 0. The van der Waals surface area contributed by atoms with E-state index in [1.165, 1.54) is 0 Å². The molecular formula is C10H16N2O. The molecule has 2 atom stereocenters. The van der Waals surface area contributed by atoms with Crippen LogP contribution in [0.15, 0.2) is 24.3 Å². The van der Waals surface area contributed by atoms with Crippen LogP contribution in [0.5, 0.6) is 0 Å². The van der Waals surface area contributed by atoms with Gasteiger partial charge in [0.25, 0.3) is 0 Å². The van der Waals surface area contributed by atoms with Crippen molar-refractivity contribution >= 4 is 5.69 Å². The van der Waals surface area contributed by atoms with E-state index >= 15 is 0 Å². The number of aliphatic hydroxyl groups is 1. The molecule has 0 radical (unpaired) electrons. The van der Waals surface area contributed by atoms with Crippen LogP contribution in [0.4, 0.5) is 5.69 Å². The van der Waals surface area contributed by atoms with E-state index in [2.05, 4.69) is 5.32 Å². The molecule has 3 nitrogen and oxygen atoms in total. The van der Waals surface area contributed by atoms with Gasteiger partial charge in [0, 0.05) is 12.7 Å². The minimum absolute atomic E-state index is 0.300. The van der Waals surface area contributed by atoms with Crippen LogP contribution in [-0.2, 0) is 0 Å². The lowest BCUT2D eigenvalue weighted by Crippen LogP contribution is -2.22. The van der Waals surface area contributed by atoms with Crippen molar-refractivity contribution in [3.8, 4) is 0 Å². The number of nitrogens with one attached hydrogen (secondary N) is 1. The molecule has 72 valence electrons. The quantitative estimate of drug-likeness (QED) is 0.653. The number of nitrogens with two attached hydrogens (primary N) is 1. The molecule has 0 aliphatic heterocycles. The minimum Gasteiger partial charge on any atom is -0.391 e. The van der Waals surface area contributed by atoms with E-state index in [0.29, 0.717) is 0 Å². The summed E-state index contributed by atoms with van der Waals surface area (Å²) in [7, 11) is 1.86. The fourth-order valence-electron chi connectivity index (χ4n) is 1.15. The maximum absolute atomic E-state index is 9.26. The van der Waals surface area contributed by atoms with Crippen LogP contribution in [0.3, 0.4) is 0 Å². The Labute approximate surface area is 78.6 Å². The average molecular weight is 180 g/mol. The molecule has 0 aliphatic rings. The number of benzene rings is 1. The van der Waals surface area contributed by atoms with Crippen molar-refractivity contribution in [2.75, 3.05) is 12.4 Å². The fraction of sp³-hybridized carbons (Fsp3) is 0.400. The van der Waals surface area contributed by atoms with E-state index in [1.54, 1.807) is 6.92 Å². The number of aliphatic hydroxyl groups excluding tert-OH is 1. The van der Waals surface area contributed by atoms with Crippen LogP contribution < -0.4 is 11.1 Å². The van der Waals surface area contributed by atoms with Crippen LogP contribution in [0, 0.1) is 0 Å². The van der Waals surface area contributed by atoms with Crippen molar-refractivity contribution in [3.05, 3.63) is 29.8 Å². The lowest BCUT2D eigenvalue weighted by atomic mass is 10.0. The molecule has 0 saturated carbocycles. The van der Waals surface area contributed by atoms with Crippen molar-refractivity contribution < 1.29 is 5.11 Å². The number of rotatable bonds is 3. The zero-order valence-electron chi connectivity index (χ0n) is 7.99. The molecule has 4 N–H and O–H groups in total. The Balaban J connectivity index is 2.79. The first-order chi connectivity index (χ1) is 6.15. The Bertz CT molecular complexity index is 256. The Morgan fingerprint density at radius 1 is 1.31 bits per heavy atom. The van der Waals surface area contributed by atoms with E-state index in [1.807, 2.05) is 31.3 Å². The molecule has 1 aromatic rings. The Morgan fingerprint density at radius 2 is 1.85 bits per heavy atom. The molecule has 1 aromatic carbocycles. The van der Waals surface area contributed by atoms with Gasteiger partial charge in [-0.2, -0.15) is 0 Å². The van der Waals surface area contributed by atoms with Gasteiger partial charge in [-0.1, -0.05) is 12.1 Å². The summed E-state index contributed by atoms with van der Waals surface area (Å²) in [6, 6.07) is 7.42. The molecule has 0 bridgehead atoms. The summed E-state index contributed by atoms with van der Waals surface area (Å²) in [5, 5.41) is 12.3. The van der Waals surface area contributed by atoms with Gasteiger partial charge in [0.1, 0.15) is 0 Å². The second-order valence-electron chi connectivity index (χ2n) is 3.14. The summed E-state index contributed by atoms with van der Waals surface area (Å²) in [6.07, 6.45) is -0.513. The third kappa shape index (κ3) is 2.44. The second kappa shape index (κ2) is 4.25. The highest BCUT2D eigenvalue weighted by Gasteiger charge is 2.10. The van der Waals surface area contributed by atoms with Gasteiger partial charge >= 0.3 is 0 Å². The minimum atomic E-state index is -0.513. The summed E-state index contributed by atoms with van der Waals surface area (Å²) in [6.45, 7) is 1.69. The highest BCUT2D eigenvalue weighted by Crippen LogP contribution is 2.16. The van der Waals surface area contributed by atoms with Gasteiger partial charge in [0.2, 0.25) is 0 Å². The first-order valence-electron chi connectivity index (χ1n) is 4.36. The predicted octanol–water partition coefficient (Wildman–Crippen LogP) is 1.11. The molecule has 0 spiro atoms. The van der Waals surface area contributed by atoms with Crippen molar-refractivity contribution in [1.82, 2.24) is 0 Å². The van der Waals surface area contributed by atoms with E-state index in [4.69, 9.17) is 5.73 Å². The van der Waals surface area contributed by atoms with Gasteiger partial charge in [0.15, 0.2) is 0 Å². The maximum Gasteiger partial charge on any atom is 0.0704 e. The number of hydrogen-bond donors (Lipinski definition) is 3. The second-order valence-corrected chi connectivity index (χ2v) is 3.14. The Kier molecular flexibility index (Phi) is 3.28. The zero-order chi connectivity index (χ0) is 9.84. The molecule has 0 aromatic heterocycles. The lowest BCUT2D eigenvalue weighted by molar-refractivity contribution is 0.164. The smallest absolute Gasteiger partial charge is 0.0704 e. The van der Waals surface area contributed by atoms with Crippen molar-refractivity contribution in [2.24, 2.45) is 5.73 Å². The first kappa shape index (κ1) is 10.0. The van der Waals surface area contributed by atoms with Crippen LogP contribution in [0.25, 0.3) is 0 Å². The van der Waals surface area contributed by atoms with Crippen LogP contribution in [0.2, 0.25) is 0 Å². The zero-order valence-corrected chi connectivity index (χ0v) is 7.99. The molecule has 13 heavy (non-hydrogen) atoms. The molecule has 0 saturated heterocycles. The molecule has 0 heterocycles. The largest absolute Gasteiger partial charge is 0.391 e. The Hall–Kier alpha value is -1.06. The summed E-state index contributed by atoms with van der Waals surface area (Å²) in [4.78, 5) is 0. The van der Waals surface area contributed by atoms with Crippen molar-refractivity contribution in [2.45, 2.75) is 19.1 Å². The number of anilines is 1. The molecule has 1 rings (SSSR count). The van der Waals surface area contributed by atoms with E-state index in [0.717, 1.165) is 11.3 Å². The van der Waals surface area contributed by atoms with E-state index < -0.39 is 6.10 Å². The topological polar surface area (TPSA) is 58.3 Å². The third-order valence-electron chi connectivity index (χ3n) is 2.10. The summed E-state index contributed by atoms with van der Waals surface area (Å²) in [5.41, 5.74) is 7.75.